The average Bonchev–Trinajstić information content (AvgIpc) is 2.96. The molecule has 0 amide bonds. The summed E-state index contributed by atoms with van der Waals surface area (Å²) in [7, 11) is 0. The molecule has 23 heavy (non-hydrogen) atoms. The van der Waals surface area contributed by atoms with Gasteiger partial charge >= 0.3 is 0 Å². The van der Waals surface area contributed by atoms with Gasteiger partial charge < -0.3 is 5.11 Å². The summed E-state index contributed by atoms with van der Waals surface area (Å²) in [5.74, 6) is 5.71. The van der Waals surface area contributed by atoms with Crippen molar-refractivity contribution in [1.29, 1.82) is 0 Å². The zero-order chi connectivity index (χ0) is 16.2. The maximum Gasteiger partial charge on any atom is 0.146 e. The van der Waals surface area contributed by atoms with E-state index < -0.39 is 5.60 Å². The zero-order valence-electron chi connectivity index (χ0n) is 14.3. The minimum atomic E-state index is -0.411. The fourth-order valence-corrected chi connectivity index (χ4v) is 7.65. The Morgan fingerprint density at radius 3 is 2.35 bits per heavy atom. The molecule has 0 unspecified atom stereocenters. The van der Waals surface area contributed by atoms with Gasteiger partial charge in [0.2, 0.25) is 0 Å². The minimum Gasteiger partial charge on any atom is -0.390 e. The SMILES string of the molecule is C[C@]1(O)CC[C@H]2[C@H](CC[C@@H]3[C@@H]2CC[C@H]2[C@H]3CC[C@@H]2C(=O)CBr)C1. The van der Waals surface area contributed by atoms with E-state index in [9.17, 15) is 9.90 Å². The molecule has 0 radical (unpaired) electrons. The number of alkyl halides is 1. The smallest absolute Gasteiger partial charge is 0.146 e. The maximum atomic E-state index is 12.3. The van der Waals surface area contributed by atoms with Gasteiger partial charge in [0.1, 0.15) is 5.78 Å². The number of hydrogen-bond donors (Lipinski definition) is 1. The topological polar surface area (TPSA) is 37.3 Å². The van der Waals surface area contributed by atoms with Crippen molar-refractivity contribution >= 4 is 21.7 Å². The second-order valence-electron chi connectivity index (χ2n) is 9.26. The molecule has 0 bridgehead atoms. The molecule has 8 atom stereocenters. The summed E-state index contributed by atoms with van der Waals surface area (Å²) in [4.78, 5) is 12.3. The van der Waals surface area contributed by atoms with E-state index >= 15 is 0 Å². The highest BCUT2D eigenvalue weighted by Crippen LogP contribution is 2.59. The van der Waals surface area contributed by atoms with E-state index in [1.54, 1.807) is 0 Å². The molecule has 0 spiro atoms. The first kappa shape index (κ1) is 16.6. The lowest BCUT2D eigenvalue weighted by Crippen LogP contribution is -2.48. The molecule has 1 N–H and O–H groups in total. The van der Waals surface area contributed by atoms with Gasteiger partial charge in [-0.3, -0.25) is 4.79 Å². The van der Waals surface area contributed by atoms with Crippen LogP contribution < -0.4 is 0 Å². The first-order valence-electron chi connectivity index (χ1n) is 9.81. The lowest BCUT2D eigenvalue weighted by atomic mass is 9.52. The molecule has 4 fully saturated rings. The van der Waals surface area contributed by atoms with Crippen LogP contribution in [0.3, 0.4) is 0 Å². The van der Waals surface area contributed by atoms with Gasteiger partial charge in [0.25, 0.3) is 0 Å². The van der Waals surface area contributed by atoms with Crippen molar-refractivity contribution in [2.45, 2.75) is 70.3 Å². The van der Waals surface area contributed by atoms with Crippen molar-refractivity contribution in [1.82, 2.24) is 0 Å². The normalized spacial score (nSPS) is 52.4. The predicted octanol–water partition coefficient (Wildman–Crippen LogP) is 4.58. The van der Waals surface area contributed by atoms with Gasteiger partial charge in [-0.1, -0.05) is 15.9 Å². The van der Waals surface area contributed by atoms with Crippen LogP contribution in [0.2, 0.25) is 0 Å². The number of carbonyl (C=O) groups excluding carboxylic acids is 1. The van der Waals surface area contributed by atoms with Gasteiger partial charge in [-0.25, -0.2) is 0 Å². The Kier molecular flexibility index (Phi) is 4.41. The lowest BCUT2D eigenvalue weighted by molar-refractivity contribution is -0.123. The summed E-state index contributed by atoms with van der Waals surface area (Å²) in [5.41, 5.74) is -0.411. The predicted molar refractivity (Wildman–Crippen MR) is 95.4 cm³/mol. The number of fused-ring (bicyclic) bond motifs is 5. The number of halogens is 1. The third-order valence-electron chi connectivity index (χ3n) is 8.10. The third-order valence-corrected chi connectivity index (χ3v) is 8.65. The fraction of sp³-hybridized carbons (Fsp3) is 0.950. The molecule has 4 aliphatic rings. The van der Waals surface area contributed by atoms with Crippen molar-refractivity contribution in [3.8, 4) is 0 Å². The molecule has 4 saturated carbocycles. The first-order valence-corrected chi connectivity index (χ1v) is 10.9. The summed E-state index contributed by atoms with van der Waals surface area (Å²) in [6, 6.07) is 0. The number of carbonyl (C=O) groups is 1. The van der Waals surface area contributed by atoms with Crippen LogP contribution in [0.4, 0.5) is 0 Å². The standard InChI is InChI=1S/C20H31BrO2/c1-20(23)9-8-13-12(10-20)2-3-15-14(13)4-5-17-16(15)6-7-18(17)19(22)11-21/h12-18,23H,2-11H2,1H3/t12-,13+,14-,15-,16+,17+,18+,20+/m1/s1. The summed E-state index contributed by atoms with van der Waals surface area (Å²) >= 11 is 3.39. The molecule has 0 saturated heterocycles. The van der Waals surface area contributed by atoms with Gasteiger partial charge in [-0.05, 0) is 100 Å². The molecule has 130 valence electrons. The fourth-order valence-electron chi connectivity index (χ4n) is 7.24. The largest absolute Gasteiger partial charge is 0.390 e. The van der Waals surface area contributed by atoms with Gasteiger partial charge in [-0.2, -0.15) is 0 Å². The number of aliphatic hydroxyl groups is 1. The van der Waals surface area contributed by atoms with Crippen molar-refractivity contribution in [2.24, 2.45) is 41.4 Å². The van der Waals surface area contributed by atoms with E-state index in [1.807, 2.05) is 6.92 Å². The van der Waals surface area contributed by atoms with E-state index in [0.29, 0.717) is 22.9 Å². The highest BCUT2D eigenvalue weighted by atomic mass is 79.9. The first-order chi connectivity index (χ1) is 11.0. The van der Waals surface area contributed by atoms with Crippen molar-refractivity contribution in [3.05, 3.63) is 0 Å². The summed E-state index contributed by atoms with van der Waals surface area (Å²) in [6.45, 7) is 2.04. The summed E-state index contributed by atoms with van der Waals surface area (Å²) in [6.07, 6.45) is 11.0. The molecular formula is C20H31BrO2. The maximum absolute atomic E-state index is 12.3. The quantitative estimate of drug-likeness (QED) is 0.709. The minimum absolute atomic E-state index is 0.352. The Morgan fingerprint density at radius 2 is 1.57 bits per heavy atom. The molecule has 0 aromatic rings. The van der Waals surface area contributed by atoms with Crippen LogP contribution in [0.5, 0.6) is 0 Å². The Hall–Kier alpha value is 0.110. The van der Waals surface area contributed by atoms with E-state index in [0.717, 1.165) is 48.9 Å². The molecule has 4 aliphatic carbocycles. The number of hydrogen-bond acceptors (Lipinski definition) is 2. The molecule has 0 heterocycles. The van der Waals surface area contributed by atoms with Crippen LogP contribution in [0, 0.1) is 41.4 Å². The van der Waals surface area contributed by atoms with Crippen LogP contribution in [-0.4, -0.2) is 21.8 Å². The van der Waals surface area contributed by atoms with Crippen LogP contribution in [0.15, 0.2) is 0 Å². The van der Waals surface area contributed by atoms with Crippen LogP contribution in [-0.2, 0) is 4.79 Å². The summed E-state index contributed by atoms with van der Waals surface area (Å²) in [5, 5.41) is 11.0. The number of rotatable bonds is 2. The summed E-state index contributed by atoms with van der Waals surface area (Å²) < 4.78 is 0. The van der Waals surface area contributed by atoms with Crippen molar-refractivity contribution in [2.75, 3.05) is 5.33 Å². The Balaban J connectivity index is 1.49. The Labute approximate surface area is 148 Å². The van der Waals surface area contributed by atoms with Gasteiger partial charge in [-0.15, -0.1) is 0 Å². The number of Topliss-reactive ketones (excluding diaryl/α,β-unsaturated/α-hetero) is 1. The third kappa shape index (κ3) is 2.84. The molecule has 2 nitrogen and oxygen atoms in total. The second-order valence-corrected chi connectivity index (χ2v) is 9.82. The van der Waals surface area contributed by atoms with Gasteiger partial charge in [0.05, 0.1) is 10.9 Å². The van der Waals surface area contributed by atoms with E-state index in [2.05, 4.69) is 15.9 Å². The number of ketones is 1. The zero-order valence-corrected chi connectivity index (χ0v) is 15.9. The van der Waals surface area contributed by atoms with Crippen LogP contribution in [0.1, 0.15) is 64.7 Å². The van der Waals surface area contributed by atoms with E-state index in [1.165, 1.54) is 38.5 Å². The molecule has 3 heteroatoms. The average molecular weight is 383 g/mol. The molecule has 4 rings (SSSR count). The van der Waals surface area contributed by atoms with Gasteiger partial charge in [0.15, 0.2) is 0 Å². The lowest BCUT2D eigenvalue weighted by Gasteiger charge is -2.54. The molecule has 0 aromatic carbocycles. The Bertz CT molecular complexity index is 474. The highest BCUT2D eigenvalue weighted by Gasteiger charge is 2.53. The molecule has 0 aliphatic heterocycles. The monoisotopic (exact) mass is 382 g/mol. The van der Waals surface area contributed by atoms with Crippen molar-refractivity contribution < 1.29 is 9.90 Å². The van der Waals surface area contributed by atoms with Crippen molar-refractivity contribution in [3.63, 3.8) is 0 Å². The molecule has 0 aromatic heterocycles. The van der Waals surface area contributed by atoms with Crippen LogP contribution in [0.25, 0.3) is 0 Å². The van der Waals surface area contributed by atoms with E-state index in [-0.39, 0.29) is 0 Å². The second kappa shape index (κ2) is 6.12. The Morgan fingerprint density at radius 1 is 0.957 bits per heavy atom. The van der Waals surface area contributed by atoms with E-state index in [4.69, 9.17) is 0 Å². The highest BCUT2D eigenvalue weighted by molar-refractivity contribution is 9.09. The van der Waals surface area contributed by atoms with Gasteiger partial charge in [0, 0.05) is 5.92 Å². The molecular weight excluding hydrogens is 352 g/mol. The van der Waals surface area contributed by atoms with Crippen LogP contribution >= 0.6 is 15.9 Å².